The van der Waals surface area contributed by atoms with Gasteiger partial charge in [-0.2, -0.15) is 13.9 Å². The van der Waals surface area contributed by atoms with E-state index in [1.165, 1.54) is 48.7 Å². The number of nitro groups is 1. The second kappa shape index (κ2) is 9.49. The first-order chi connectivity index (χ1) is 16.3. The Balaban J connectivity index is 1.56. The average Bonchev–Trinajstić information content (AvgIpc) is 3.15. The van der Waals surface area contributed by atoms with Crippen LogP contribution in [0, 0.1) is 17.0 Å². The van der Waals surface area contributed by atoms with E-state index in [0.717, 1.165) is 11.1 Å². The molecule has 0 unspecified atom stereocenters. The number of aryl methyl sites for hydroxylation is 1. The Bertz CT molecular complexity index is 1400. The fourth-order valence-electron chi connectivity index (χ4n) is 3.51. The van der Waals surface area contributed by atoms with Crippen molar-refractivity contribution in [3.63, 3.8) is 0 Å². The second-order valence-electron chi connectivity index (χ2n) is 7.31. The molecule has 34 heavy (non-hydrogen) atoms. The number of anilines is 1. The first-order valence-corrected chi connectivity index (χ1v) is 10.1. The summed E-state index contributed by atoms with van der Waals surface area (Å²) in [6.45, 7) is -1.11. The van der Waals surface area contributed by atoms with E-state index >= 15 is 0 Å². The summed E-state index contributed by atoms with van der Waals surface area (Å²) in [5.74, 6) is -0.338. The van der Waals surface area contributed by atoms with Crippen molar-refractivity contribution >= 4 is 28.9 Å². The molecule has 2 heterocycles. The number of fused-ring (bicyclic) bond motifs is 1. The Morgan fingerprint density at radius 1 is 1.15 bits per heavy atom. The van der Waals surface area contributed by atoms with Crippen LogP contribution in [0.15, 0.2) is 78.0 Å². The van der Waals surface area contributed by atoms with Gasteiger partial charge in [-0.1, -0.05) is 6.07 Å². The van der Waals surface area contributed by atoms with Gasteiger partial charge < -0.3 is 9.14 Å². The molecular weight excluding hydrogens is 446 g/mol. The molecule has 0 fully saturated rings. The number of rotatable bonds is 8. The average molecular weight is 464 g/mol. The van der Waals surface area contributed by atoms with E-state index in [-0.39, 0.29) is 28.5 Å². The number of alkyl halides is 2. The molecule has 0 aliphatic heterocycles. The number of ketones is 1. The van der Waals surface area contributed by atoms with Gasteiger partial charge in [-0.15, -0.1) is 0 Å². The summed E-state index contributed by atoms with van der Waals surface area (Å²) in [6, 6.07) is 17.2. The van der Waals surface area contributed by atoms with Crippen LogP contribution < -0.4 is 10.2 Å². The quantitative estimate of drug-likeness (QED) is 0.162. The third-order valence-corrected chi connectivity index (χ3v) is 5.05. The fraction of sp³-hybridized carbons (Fsp3) is 0.0833. The zero-order chi connectivity index (χ0) is 24.2. The summed E-state index contributed by atoms with van der Waals surface area (Å²) >= 11 is 0. The third kappa shape index (κ3) is 4.75. The molecule has 0 amide bonds. The van der Waals surface area contributed by atoms with Gasteiger partial charge in [-0.25, -0.2) is 0 Å². The van der Waals surface area contributed by atoms with E-state index in [2.05, 4.69) is 15.3 Å². The van der Waals surface area contributed by atoms with Gasteiger partial charge in [0.15, 0.2) is 0 Å². The van der Waals surface area contributed by atoms with Gasteiger partial charge in [0, 0.05) is 23.3 Å². The highest BCUT2D eigenvalue weighted by molar-refractivity contribution is 6.10. The lowest BCUT2D eigenvalue weighted by atomic mass is 10.0. The molecule has 172 valence electrons. The molecule has 0 aliphatic rings. The van der Waals surface area contributed by atoms with Gasteiger partial charge in [0.1, 0.15) is 11.4 Å². The van der Waals surface area contributed by atoms with Gasteiger partial charge in [-0.05, 0) is 72.6 Å². The molecule has 0 saturated heterocycles. The molecule has 2 aromatic carbocycles. The largest absolute Gasteiger partial charge is 0.435 e. The van der Waals surface area contributed by atoms with Crippen molar-refractivity contribution in [3.8, 4) is 5.75 Å². The highest BCUT2D eigenvalue weighted by atomic mass is 19.3. The van der Waals surface area contributed by atoms with E-state index in [4.69, 9.17) is 0 Å². The van der Waals surface area contributed by atoms with Gasteiger partial charge in [0.05, 0.1) is 16.8 Å². The third-order valence-electron chi connectivity index (χ3n) is 5.05. The van der Waals surface area contributed by atoms with E-state index in [9.17, 15) is 23.7 Å². The number of hydrazone groups is 1. The van der Waals surface area contributed by atoms with Crippen molar-refractivity contribution in [2.75, 3.05) is 5.43 Å². The predicted octanol–water partition coefficient (Wildman–Crippen LogP) is 5.43. The second-order valence-corrected chi connectivity index (χ2v) is 7.31. The van der Waals surface area contributed by atoms with E-state index in [1.54, 1.807) is 16.7 Å². The summed E-state index contributed by atoms with van der Waals surface area (Å²) in [5, 5.41) is 15.6. The van der Waals surface area contributed by atoms with Crippen molar-refractivity contribution in [1.29, 1.82) is 0 Å². The lowest BCUT2D eigenvalue weighted by Crippen LogP contribution is -2.08. The van der Waals surface area contributed by atoms with Crippen LogP contribution in [0.4, 0.5) is 20.2 Å². The lowest BCUT2D eigenvalue weighted by molar-refractivity contribution is -0.384. The summed E-state index contributed by atoms with van der Waals surface area (Å²) in [5.41, 5.74) is 5.13. The standard InChI is InChI=1S/C24H18F2N4O4/c1-15-12-18-4-2-3-11-29(18)22(15)23(31)17-7-10-20(21(13-17)30(32)33)28-27-14-16-5-8-19(9-6-16)34-24(25)26/h2-14,24,28H,1H3/b27-14+. The minimum Gasteiger partial charge on any atom is -0.435 e. The fourth-order valence-corrected chi connectivity index (χ4v) is 3.51. The Morgan fingerprint density at radius 3 is 2.62 bits per heavy atom. The number of pyridine rings is 1. The van der Waals surface area contributed by atoms with Crippen LogP contribution in [-0.2, 0) is 0 Å². The molecule has 0 bridgehead atoms. The highest BCUT2D eigenvalue weighted by Gasteiger charge is 2.21. The monoisotopic (exact) mass is 464 g/mol. The number of hydrogen-bond donors (Lipinski definition) is 1. The minimum absolute atomic E-state index is 0.00186. The van der Waals surface area contributed by atoms with Crippen LogP contribution in [0.25, 0.3) is 5.52 Å². The van der Waals surface area contributed by atoms with Gasteiger partial charge in [0.25, 0.3) is 5.69 Å². The van der Waals surface area contributed by atoms with Gasteiger partial charge in [0.2, 0.25) is 5.78 Å². The Hall–Kier alpha value is -4.60. The highest BCUT2D eigenvalue weighted by Crippen LogP contribution is 2.28. The van der Waals surface area contributed by atoms with Crippen LogP contribution in [0.5, 0.6) is 5.75 Å². The molecule has 0 spiro atoms. The van der Waals surface area contributed by atoms with E-state index in [0.29, 0.717) is 11.3 Å². The Labute approximate surface area is 192 Å². The molecule has 0 radical (unpaired) electrons. The number of halogens is 2. The molecule has 2 aromatic heterocycles. The zero-order valence-corrected chi connectivity index (χ0v) is 17.8. The predicted molar refractivity (Wildman–Crippen MR) is 123 cm³/mol. The van der Waals surface area contributed by atoms with Crippen molar-refractivity contribution < 1.29 is 23.2 Å². The molecule has 10 heteroatoms. The normalized spacial score (nSPS) is 11.3. The number of aromatic nitrogens is 1. The zero-order valence-electron chi connectivity index (χ0n) is 17.8. The SMILES string of the molecule is Cc1cc2ccccn2c1C(=O)c1ccc(N/N=C/c2ccc(OC(F)F)cc2)c([N+](=O)[O-])c1. The summed E-state index contributed by atoms with van der Waals surface area (Å²) in [7, 11) is 0. The number of nitro benzene ring substituents is 1. The molecule has 8 nitrogen and oxygen atoms in total. The smallest absolute Gasteiger partial charge is 0.387 e. The Kier molecular flexibility index (Phi) is 6.30. The number of ether oxygens (including phenoxy) is 1. The molecule has 0 saturated carbocycles. The topological polar surface area (TPSA) is 98.2 Å². The maximum Gasteiger partial charge on any atom is 0.387 e. The maximum absolute atomic E-state index is 13.2. The molecule has 0 atom stereocenters. The van der Waals surface area contributed by atoms with Crippen LogP contribution in [0.1, 0.15) is 27.2 Å². The number of hydrogen-bond acceptors (Lipinski definition) is 6. The lowest BCUT2D eigenvalue weighted by Gasteiger charge is -2.07. The van der Waals surface area contributed by atoms with Crippen molar-refractivity contribution in [2.45, 2.75) is 13.5 Å². The Morgan fingerprint density at radius 2 is 1.91 bits per heavy atom. The van der Waals surface area contributed by atoms with Gasteiger partial charge >= 0.3 is 6.61 Å². The number of nitrogens with zero attached hydrogens (tertiary/aromatic N) is 3. The molecule has 0 aliphatic carbocycles. The van der Waals surface area contributed by atoms with Gasteiger partial charge in [-0.3, -0.25) is 20.3 Å². The number of carbonyl (C=O) groups excluding carboxylic acids is 1. The van der Waals surface area contributed by atoms with Crippen LogP contribution in [0.2, 0.25) is 0 Å². The van der Waals surface area contributed by atoms with E-state index in [1.807, 2.05) is 25.1 Å². The molecule has 4 rings (SSSR count). The number of benzene rings is 2. The maximum atomic E-state index is 13.2. The van der Waals surface area contributed by atoms with Crippen molar-refractivity contribution in [1.82, 2.24) is 4.40 Å². The first-order valence-electron chi connectivity index (χ1n) is 10.1. The van der Waals surface area contributed by atoms with Crippen LogP contribution in [-0.4, -0.2) is 27.9 Å². The molecule has 1 N–H and O–H groups in total. The summed E-state index contributed by atoms with van der Waals surface area (Å²) in [6.07, 6.45) is 3.13. The molecular formula is C24H18F2N4O4. The number of nitrogens with one attached hydrogen (secondary N) is 1. The van der Waals surface area contributed by atoms with Crippen molar-refractivity contribution in [3.05, 3.63) is 105 Å². The number of carbonyl (C=O) groups is 1. The summed E-state index contributed by atoms with van der Waals surface area (Å²) < 4.78 is 30.5. The van der Waals surface area contributed by atoms with Crippen LogP contribution >= 0.6 is 0 Å². The molecule has 4 aromatic rings. The summed E-state index contributed by atoms with van der Waals surface area (Å²) in [4.78, 5) is 24.2. The van der Waals surface area contributed by atoms with E-state index < -0.39 is 11.5 Å². The van der Waals surface area contributed by atoms with Crippen molar-refractivity contribution in [2.24, 2.45) is 5.10 Å². The van der Waals surface area contributed by atoms with Crippen LogP contribution in [0.3, 0.4) is 0 Å². The minimum atomic E-state index is -2.92. The first kappa shape index (κ1) is 22.6.